The van der Waals surface area contributed by atoms with Crippen molar-refractivity contribution in [3.8, 4) is 5.75 Å². The highest BCUT2D eigenvalue weighted by molar-refractivity contribution is 5.85. The van der Waals surface area contributed by atoms with E-state index in [0.717, 1.165) is 24.0 Å². The van der Waals surface area contributed by atoms with Gasteiger partial charge < -0.3 is 15.9 Å². The molecule has 0 aliphatic carbocycles. The molecule has 0 saturated heterocycles. The first-order valence-corrected chi connectivity index (χ1v) is 8.91. The van der Waals surface area contributed by atoms with Gasteiger partial charge in [-0.1, -0.05) is 67.5 Å². The van der Waals surface area contributed by atoms with E-state index in [1.165, 1.54) is 5.56 Å². The van der Waals surface area contributed by atoms with Crippen molar-refractivity contribution in [2.45, 2.75) is 85.1 Å². The number of benzene rings is 1. The Hall–Kier alpha value is -0.770. The van der Waals surface area contributed by atoms with E-state index < -0.39 is 0 Å². The van der Waals surface area contributed by atoms with Crippen LogP contribution in [0.3, 0.4) is 0 Å². The Balaban J connectivity index is 0.00000576. The largest absolute Gasteiger partial charge is 0.507 e. The number of hydrogen-bond acceptors (Lipinski definition) is 3. The zero-order valence-corrected chi connectivity index (χ0v) is 18.0. The summed E-state index contributed by atoms with van der Waals surface area (Å²) < 4.78 is 0. The van der Waals surface area contributed by atoms with Gasteiger partial charge in [0.1, 0.15) is 5.75 Å². The van der Waals surface area contributed by atoms with E-state index in [0.29, 0.717) is 5.75 Å². The van der Waals surface area contributed by atoms with Gasteiger partial charge in [-0.05, 0) is 45.8 Å². The zero-order chi connectivity index (χ0) is 18.9. The zero-order valence-electron chi connectivity index (χ0n) is 17.2. The first kappa shape index (κ1) is 24.2. The molecule has 0 heterocycles. The summed E-state index contributed by atoms with van der Waals surface area (Å²) in [6, 6.07) is 4.08. The molecule has 1 atom stereocenters. The lowest BCUT2D eigenvalue weighted by Gasteiger charge is -2.31. The van der Waals surface area contributed by atoms with Crippen molar-refractivity contribution in [3.05, 3.63) is 28.8 Å². The molecule has 4 heteroatoms. The Morgan fingerprint density at radius 1 is 0.920 bits per heavy atom. The van der Waals surface area contributed by atoms with Crippen LogP contribution in [0.15, 0.2) is 12.1 Å². The minimum Gasteiger partial charge on any atom is -0.507 e. The molecule has 0 spiro atoms. The van der Waals surface area contributed by atoms with Crippen molar-refractivity contribution in [2.24, 2.45) is 11.1 Å². The van der Waals surface area contributed by atoms with Crippen LogP contribution in [-0.4, -0.2) is 22.9 Å². The summed E-state index contributed by atoms with van der Waals surface area (Å²) in [6.07, 6.45) is 1.63. The first-order valence-electron chi connectivity index (χ1n) is 8.91. The summed E-state index contributed by atoms with van der Waals surface area (Å²) in [4.78, 5) is 0. The van der Waals surface area contributed by atoms with Crippen molar-refractivity contribution in [3.63, 3.8) is 0 Å². The highest BCUT2D eigenvalue weighted by atomic mass is 35.5. The van der Waals surface area contributed by atoms with Crippen LogP contribution in [0.1, 0.15) is 78.5 Å². The maximum absolute atomic E-state index is 10.8. The molecule has 0 aromatic heterocycles. The van der Waals surface area contributed by atoms with Crippen LogP contribution in [0.2, 0.25) is 0 Å². The molecule has 3 nitrogen and oxygen atoms in total. The molecule has 0 aliphatic heterocycles. The Morgan fingerprint density at radius 2 is 1.32 bits per heavy atom. The summed E-state index contributed by atoms with van der Waals surface area (Å²) in [5.41, 5.74) is 8.90. The molecule has 25 heavy (non-hydrogen) atoms. The first-order chi connectivity index (χ1) is 10.7. The lowest BCUT2D eigenvalue weighted by atomic mass is 9.75. The van der Waals surface area contributed by atoms with E-state index in [2.05, 4.69) is 67.5 Å². The standard InChI is InChI=1S/C21H37NO2.ClH/c1-19(2,3)16-9-14(10-17(18(16)24)20(4,5)6)11-21(7,8)12-15(22)13-23;/h9-10,15,23-24H,11-13,22H2,1-8H3;1H. The van der Waals surface area contributed by atoms with Gasteiger partial charge in [-0.3, -0.25) is 0 Å². The maximum atomic E-state index is 10.8. The van der Waals surface area contributed by atoms with Crippen molar-refractivity contribution >= 4 is 12.4 Å². The Kier molecular flexibility index (Phi) is 8.03. The second-order valence-corrected chi connectivity index (χ2v) is 10.0. The lowest BCUT2D eigenvalue weighted by Crippen LogP contribution is -2.32. The molecular weight excluding hydrogens is 334 g/mol. The number of aliphatic hydroxyl groups is 1. The Bertz CT molecular complexity index is 533. The maximum Gasteiger partial charge on any atom is 0.123 e. The van der Waals surface area contributed by atoms with Gasteiger partial charge in [0, 0.05) is 6.04 Å². The smallest absolute Gasteiger partial charge is 0.123 e. The molecule has 0 saturated carbocycles. The van der Waals surface area contributed by atoms with E-state index in [4.69, 9.17) is 5.73 Å². The van der Waals surface area contributed by atoms with E-state index in [9.17, 15) is 10.2 Å². The molecule has 4 N–H and O–H groups in total. The summed E-state index contributed by atoms with van der Waals surface area (Å²) >= 11 is 0. The highest BCUT2D eigenvalue weighted by Gasteiger charge is 2.28. The van der Waals surface area contributed by atoms with Gasteiger partial charge in [-0.25, -0.2) is 0 Å². The Morgan fingerprint density at radius 3 is 1.64 bits per heavy atom. The number of phenols is 1. The van der Waals surface area contributed by atoms with Crippen LogP contribution in [0.4, 0.5) is 0 Å². The molecule has 0 radical (unpaired) electrons. The second kappa shape index (κ2) is 8.28. The second-order valence-electron chi connectivity index (χ2n) is 10.0. The van der Waals surface area contributed by atoms with Crippen LogP contribution in [0.5, 0.6) is 5.75 Å². The fourth-order valence-corrected chi connectivity index (χ4v) is 3.34. The number of rotatable bonds is 5. The molecule has 1 aromatic rings. The van der Waals surface area contributed by atoms with Gasteiger partial charge in [-0.2, -0.15) is 0 Å². The van der Waals surface area contributed by atoms with Crippen LogP contribution < -0.4 is 5.73 Å². The third-order valence-corrected chi connectivity index (χ3v) is 4.52. The fourth-order valence-electron chi connectivity index (χ4n) is 3.34. The van der Waals surface area contributed by atoms with E-state index >= 15 is 0 Å². The molecular formula is C21H38ClNO2. The lowest BCUT2D eigenvalue weighted by molar-refractivity contribution is 0.213. The number of hydrogen-bond donors (Lipinski definition) is 3. The molecule has 1 rings (SSSR count). The molecule has 0 bridgehead atoms. The Labute approximate surface area is 160 Å². The van der Waals surface area contributed by atoms with Crippen LogP contribution in [0, 0.1) is 5.41 Å². The third-order valence-electron chi connectivity index (χ3n) is 4.52. The van der Waals surface area contributed by atoms with Gasteiger partial charge in [0.05, 0.1) is 6.61 Å². The number of aliphatic hydroxyl groups excluding tert-OH is 1. The average Bonchev–Trinajstić information content (AvgIpc) is 2.36. The molecule has 146 valence electrons. The van der Waals surface area contributed by atoms with Gasteiger partial charge in [0.15, 0.2) is 0 Å². The predicted octanol–water partition coefficient (Wildman–Crippen LogP) is 4.69. The average molecular weight is 372 g/mol. The van der Waals surface area contributed by atoms with Crippen LogP contribution in [0.25, 0.3) is 0 Å². The summed E-state index contributed by atoms with van der Waals surface area (Å²) in [7, 11) is 0. The molecule has 1 unspecified atom stereocenters. The van der Waals surface area contributed by atoms with Crippen LogP contribution >= 0.6 is 12.4 Å². The number of phenolic OH excluding ortho intramolecular Hbond substituents is 1. The van der Waals surface area contributed by atoms with E-state index in [1.54, 1.807) is 0 Å². The summed E-state index contributed by atoms with van der Waals surface area (Å²) in [5, 5.41) is 20.1. The predicted molar refractivity (Wildman–Crippen MR) is 110 cm³/mol. The van der Waals surface area contributed by atoms with Crippen molar-refractivity contribution in [2.75, 3.05) is 6.61 Å². The molecule has 0 fully saturated rings. The minimum absolute atomic E-state index is 0. The van der Waals surface area contributed by atoms with Crippen molar-refractivity contribution in [1.82, 2.24) is 0 Å². The fraction of sp³-hybridized carbons (Fsp3) is 0.714. The highest BCUT2D eigenvalue weighted by Crippen LogP contribution is 2.41. The molecule has 0 aliphatic rings. The SMILES string of the molecule is CC(C)(Cc1cc(C(C)(C)C)c(O)c(C(C)(C)C)c1)CC(N)CO.Cl. The number of nitrogens with two attached hydrogens (primary N) is 1. The number of aromatic hydroxyl groups is 1. The quantitative estimate of drug-likeness (QED) is 0.703. The van der Waals surface area contributed by atoms with E-state index in [-0.39, 0.29) is 41.3 Å². The molecule has 1 aromatic carbocycles. The van der Waals surface area contributed by atoms with Gasteiger partial charge in [0.25, 0.3) is 0 Å². The van der Waals surface area contributed by atoms with Gasteiger partial charge in [-0.15, -0.1) is 12.4 Å². The van der Waals surface area contributed by atoms with E-state index in [1.807, 2.05) is 0 Å². The summed E-state index contributed by atoms with van der Waals surface area (Å²) in [5.74, 6) is 0.420. The number of halogens is 1. The molecule has 0 amide bonds. The van der Waals surface area contributed by atoms with Gasteiger partial charge >= 0.3 is 0 Å². The third kappa shape index (κ3) is 6.80. The van der Waals surface area contributed by atoms with Crippen LogP contribution in [-0.2, 0) is 17.3 Å². The minimum atomic E-state index is -0.193. The topological polar surface area (TPSA) is 66.5 Å². The normalized spacial score (nSPS) is 14.2. The monoisotopic (exact) mass is 371 g/mol. The van der Waals surface area contributed by atoms with Crippen molar-refractivity contribution in [1.29, 1.82) is 0 Å². The van der Waals surface area contributed by atoms with Gasteiger partial charge in [0.2, 0.25) is 0 Å². The summed E-state index contributed by atoms with van der Waals surface area (Å²) in [6.45, 7) is 17.2. The van der Waals surface area contributed by atoms with Crippen molar-refractivity contribution < 1.29 is 10.2 Å².